The second kappa shape index (κ2) is 8.47. The first-order valence-corrected chi connectivity index (χ1v) is 8.93. The van der Waals surface area contributed by atoms with Gasteiger partial charge in [-0.15, -0.1) is 0 Å². The van der Waals surface area contributed by atoms with Gasteiger partial charge in [0.25, 0.3) is 5.56 Å². The zero-order valence-electron chi connectivity index (χ0n) is 15.8. The first kappa shape index (κ1) is 19.3. The molecule has 7 nitrogen and oxygen atoms in total. The molecule has 0 bridgehead atoms. The maximum atomic E-state index is 12.6. The molecule has 0 aliphatic rings. The fourth-order valence-corrected chi connectivity index (χ4v) is 3.00. The molecule has 0 atom stereocenters. The van der Waals surface area contributed by atoms with E-state index in [0.29, 0.717) is 35.1 Å². The highest BCUT2D eigenvalue weighted by Crippen LogP contribution is 2.16. The Morgan fingerprint density at radius 3 is 2.71 bits per heavy atom. The van der Waals surface area contributed by atoms with Crippen molar-refractivity contribution in [1.82, 2.24) is 9.55 Å². The van der Waals surface area contributed by atoms with E-state index in [2.05, 4.69) is 10.3 Å². The third-order valence-electron chi connectivity index (χ3n) is 4.46. The minimum atomic E-state index is -0.514. The van der Waals surface area contributed by atoms with E-state index in [1.165, 1.54) is 18.0 Å². The fourth-order valence-electron chi connectivity index (χ4n) is 3.00. The summed E-state index contributed by atoms with van der Waals surface area (Å²) >= 11 is 0. The Labute approximate surface area is 162 Å². The fraction of sp³-hybridized carbons (Fsp3) is 0.238. The van der Waals surface area contributed by atoms with E-state index in [-0.39, 0.29) is 17.9 Å². The Kier molecular flexibility index (Phi) is 5.84. The lowest BCUT2D eigenvalue weighted by molar-refractivity contribution is -0.116. The highest BCUT2D eigenvalue weighted by molar-refractivity contribution is 6.01. The Morgan fingerprint density at radius 2 is 1.93 bits per heavy atom. The molecule has 7 heteroatoms. The predicted molar refractivity (Wildman–Crippen MR) is 106 cm³/mol. The molecule has 144 valence electrons. The molecule has 0 saturated heterocycles. The van der Waals surface area contributed by atoms with Gasteiger partial charge in [-0.1, -0.05) is 24.3 Å². The van der Waals surface area contributed by atoms with Crippen LogP contribution in [0.3, 0.4) is 0 Å². The largest absolute Gasteiger partial charge is 0.465 e. The van der Waals surface area contributed by atoms with Crippen molar-refractivity contribution in [2.75, 3.05) is 12.4 Å². The number of carbonyl (C=O) groups is 2. The van der Waals surface area contributed by atoms with E-state index >= 15 is 0 Å². The molecule has 0 aliphatic carbocycles. The van der Waals surface area contributed by atoms with Crippen molar-refractivity contribution in [2.24, 2.45) is 0 Å². The third kappa shape index (κ3) is 4.09. The number of methoxy groups -OCH3 is 1. The van der Waals surface area contributed by atoms with Crippen LogP contribution in [0.4, 0.5) is 5.69 Å². The summed E-state index contributed by atoms with van der Waals surface area (Å²) in [4.78, 5) is 40.9. The number of ether oxygens (including phenoxy) is 1. The molecule has 0 saturated carbocycles. The molecule has 3 rings (SSSR count). The van der Waals surface area contributed by atoms with Crippen LogP contribution in [-0.4, -0.2) is 28.5 Å². The summed E-state index contributed by atoms with van der Waals surface area (Å²) in [6, 6.07) is 12.2. The topological polar surface area (TPSA) is 90.3 Å². The molecule has 0 radical (unpaired) electrons. The summed E-state index contributed by atoms with van der Waals surface area (Å²) in [6.07, 6.45) is 2.18. The van der Waals surface area contributed by atoms with E-state index in [4.69, 9.17) is 4.74 Å². The number of fused-ring (bicyclic) bond motifs is 1. The number of hydrogen-bond donors (Lipinski definition) is 1. The zero-order chi connectivity index (χ0) is 20.1. The summed E-state index contributed by atoms with van der Waals surface area (Å²) in [6.45, 7) is 2.29. The van der Waals surface area contributed by atoms with Crippen molar-refractivity contribution >= 4 is 28.5 Å². The smallest absolute Gasteiger partial charge is 0.339 e. The SMILES string of the molecule is COC(=O)c1ccccc1NC(=O)CCCn1cnc2c(C)cccc2c1=O. The number of hydrogen-bond acceptors (Lipinski definition) is 5. The van der Waals surface area contributed by atoms with Gasteiger partial charge in [0.05, 0.1) is 35.6 Å². The quantitative estimate of drug-likeness (QED) is 0.665. The number of benzene rings is 2. The predicted octanol–water partition coefficient (Wildman–Crippen LogP) is 2.91. The normalized spacial score (nSPS) is 10.6. The minimum absolute atomic E-state index is 0.120. The lowest BCUT2D eigenvalue weighted by Crippen LogP contribution is -2.22. The van der Waals surface area contributed by atoms with Gasteiger partial charge in [0.2, 0.25) is 5.91 Å². The summed E-state index contributed by atoms with van der Waals surface area (Å²) in [5, 5.41) is 3.29. The van der Waals surface area contributed by atoms with Crippen LogP contribution in [0.5, 0.6) is 0 Å². The molecule has 0 unspecified atom stereocenters. The average molecular weight is 379 g/mol. The van der Waals surface area contributed by atoms with Gasteiger partial charge >= 0.3 is 5.97 Å². The molecule has 0 spiro atoms. The van der Waals surface area contributed by atoms with Gasteiger partial charge in [-0.05, 0) is 37.1 Å². The molecule has 28 heavy (non-hydrogen) atoms. The van der Waals surface area contributed by atoms with E-state index in [0.717, 1.165) is 5.56 Å². The van der Waals surface area contributed by atoms with Crippen LogP contribution in [-0.2, 0) is 16.1 Å². The van der Waals surface area contributed by atoms with Gasteiger partial charge in [0, 0.05) is 13.0 Å². The standard InChI is InChI=1S/C21H21N3O4/c1-14-7-5-9-16-19(14)22-13-24(20(16)26)12-6-11-18(25)23-17-10-4-3-8-15(17)21(27)28-2/h3-5,7-10,13H,6,11-12H2,1-2H3,(H,23,25). The lowest BCUT2D eigenvalue weighted by Gasteiger charge is -2.10. The molecule has 0 fully saturated rings. The monoisotopic (exact) mass is 379 g/mol. The Hall–Kier alpha value is -3.48. The second-order valence-corrected chi connectivity index (χ2v) is 6.40. The van der Waals surface area contributed by atoms with Gasteiger partial charge in [0.1, 0.15) is 0 Å². The average Bonchev–Trinajstić information content (AvgIpc) is 2.70. The maximum absolute atomic E-state index is 12.6. The van der Waals surface area contributed by atoms with E-state index in [9.17, 15) is 14.4 Å². The van der Waals surface area contributed by atoms with Crippen LogP contribution in [0.2, 0.25) is 0 Å². The summed E-state index contributed by atoms with van der Waals surface area (Å²) in [5.74, 6) is -0.756. The van der Waals surface area contributed by atoms with Crippen molar-refractivity contribution in [1.29, 1.82) is 0 Å². The Bertz CT molecular complexity index is 1090. The van der Waals surface area contributed by atoms with Crippen molar-refractivity contribution < 1.29 is 14.3 Å². The van der Waals surface area contributed by atoms with Crippen molar-refractivity contribution in [3.8, 4) is 0 Å². The summed E-state index contributed by atoms with van der Waals surface area (Å²) in [7, 11) is 1.29. The number of esters is 1. The minimum Gasteiger partial charge on any atom is -0.465 e. The summed E-state index contributed by atoms with van der Waals surface area (Å²) in [5.41, 5.74) is 2.22. The lowest BCUT2D eigenvalue weighted by atomic mass is 10.1. The summed E-state index contributed by atoms with van der Waals surface area (Å²) < 4.78 is 6.23. The zero-order valence-corrected chi connectivity index (χ0v) is 15.8. The maximum Gasteiger partial charge on any atom is 0.339 e. The number of nitrogens with one attached hydrogen (secondary N) is 1. The third-order valence-corrected chi connectivity index (χ3v) is 4.46. The molecular weight excluding hydrogens is 358 g/mol. The van der Waals surface area contributed by atoms with Crippen LogP contribution >= 0.6 is 0 Å². The molecule has 1 N–H and O–H groups in total. The van der Waals surface area contributed by atoms with Gasteiger partial charge in [-0.25, -0.2) is 9.78 Å². The van der Waals surface area contributed by atoms with E-state index < -0.39 is 5.97 Å². The number of amides is 1. The number of anilines is 1. The van der Waals surface area contributed by atoms with Crippen LogP contribution in [0.15, 0.2) is 53.6 Å². The van der Waals surface area contributed by atoms with Crippen LogP contribution in [0, 0.1) is 6.92 Å². The van der Waals surface area contributed by atoms with Crippen molar-refractivity contribution in [3.63, 3.8) is 0 Å². The molecule has 1 aromatic heterocycles. The van der Waals surface area contributed by atoms with Crippen LogP contribution in [0.1, 0.15) is 28.8 Å². The molecule has 2 aromatic carbocycles. The van der Waals surface area contributed by atoms with Crippen LogP contribution in [0.25, 0.3) is 10.9 Å². The number of para-hydroxylation sites is 2. The number of rotatable bonds is 6. The molecule has 0 aliphatic heterocycles. The van der Waals surface area contributed by atoms with Crippen molar-refractivity contribution in [3.05, 3.63) is 70.3 Å². The van der Waals surface area contributed by atoms with Gasteiger partial charge < -0.3 is 10.1 Å². The Morgan fingerprint density at radius 1 is 1.14 bits per heavy atom. The highest BCUT2D eigenvalue weighted by atomic mass is 16.5. The van der Waals surface area contributed by atoms with E-state index in [1.54, 1.807) is 30.3 Å². The Balaban J connectivity index is 1.64. The highest BCUT2D eigenvalue weighted by Gasteiger charge is 2.13. The van der Waals surface area contributed by atoms with Gasteiger partial charge in [-0.3, -0.25) is 14.2 Å². The molecule has 1 amide bonds. The van der Waals surface area contributed by atoms with Gasteiger partial charge in [-0.2, -0.15) is 0 Å². The van der Waals surface area contributed by atoms with Crippen LogP contribution < -0.4 is 10.9 Å². The second-order valence-electron chi connectivity index (χ2n) is 6.40. The van der Waals surface area contributed by atoms with Crippen molar-refractivity contribution in [2.45, 2.75) is 26.3 Å². The molecule has 3 aromatic rings. The first-order valence-electron chi connectivity index (χ1n) is 8.93. The van der Waals surface area contributed by atoms with Gasteiger partial charge in [0.15, 0.2) is 0 Å². The number of aromatic nitrogens is 2. The number of nitrogens with zero attached hydrogens (tertiary/aromatic N) is 2. The van der Waals surface area contributed by atoms with E-state index in [1.807, 2.05) is 19.1 Å². The number of aryl methyl sites for hydroxylation is 2. The number of carbonyl (C=O) groups excluding carboxylic acids is 2. The first-order chi connectivity index (χ1) is 13.5. The molecule has 1 heterocycles. The molecular formula is C21H21N3O4.